The molecule has 10 heteroatoms. The van der Waals surface area contributed by atoms with Gasteiger partial charge in [-0.3, -0.25) is 9.59 Å². The van der Waals surface area contributed by atoms with Gasteiger partial charge in [-0.05, 0) is 36.8 Å². The molecular formula is C26H29N7O3. The summed E-state index contributed by atoms with van der Waals surface area (Å²) in [4.78, 5) is 39.4. The summed E-state index contributed by atoms with van der Waals surface area (Å²) in [7, 11) is 0. The second-order valence-corrected chi connectivity index (χ2v) is 8.56. The maximum Gasteiger partial charge on any atom is 0.278 e. The molecule has 2 N–H and O–H groups in total. The van der Waals surface area contributed by atoms with Crippen LogP contribution in [0.15, 0.2) is 70.4 Å². The van der Waals surface area contributed by atoms with Gasteiger partial charge in [-0.2, -0.15) is 4.98 Å². The van der Waals surface area contributed by atoms with Crippen molar-refractivity contribution in [2.45, 2.75) is 26.3 Å². The van der Waals surface area contributed by atoms with E-state index >= 15 is 0 Å². The molecular weight excluding hydrogens is 458 g/mol. The number of fused-ring (bicyclic) bond motifs is 1. The number of unbranched alkanes of at least 4 members (excludes halogenated alkanes) is 1. The highest BCUT2D eigenvalue weighted by Crippen LogP contribution is 2.22. The van der Waals surface area contributed by atoms with Crippen molar-refractivity contribution in [1.29, 1.82) is 0 Å². The largest absolute Gasteiger partial charge is 0.378 e. The van der Waals surface area contributed by atoms with Crippen LogP contribution < -0.4 is 21.3 Å². The van der Waals surface area contributed by atoms with Crippen LogP contribution in [0, 0.1) is 0 Å². The van der Waals surface area contributed by atoms with Gasteiger partial charge in [0.25, 0.3) is 5.56 Å². The number of rotatable bonds is 8. The summed E-state index contributed by atoms with van der Waals surface area (Å²) < 4.78 is 8.63. The normalized spacial score (nSPS) is 14.1. The molecule has 0 bridgehead atoms. The molecule has 1 aliphatic rings. The highest BCUT2D eigenvalue weighted by atomic mass is 16.5. The van der Waals surface area contributed by atoms with E-state index in [1.807, 2.05) is 24.3 Å². The minimum atomic E-state index is -0.261. The summed E-state index contributed by atoms with van der Waals surface area (Å²) in [6.45, 7) is 5.65. The number of hydrogen-bond donors (Lipinski definition) is 2. The molecule has 1 aromatic carbocycles. The van der Waals surface area contributed by atoms with Crippen LogP contribution in [-0.2, 0) is 11.3 Å². The molecule has 4 aromatic rings. The van der Waals surface area contributed by atoms with Crippen LogP contribution in [0.3, 0.4) is 0 Å². The number of allylic oxidation sites excluding steroid dienone is 2. The van der Waals surface area contributed by atoms with Gasteiger partial charge in [0.2, 0.25) is 11.5 Å². The Morgan fingerprint density at radius 1 is 1.08 bits per heavy atom. The smallest absolute Gasteiger partial charge is 0.278 e. The van der Waals surface area contributed by atoms with Gasteiger partial charge in [0.05, 0.1) is 19.8 Å². The Balaban J connectivity index is 1.50. The van der Waals surface area contributed by atoms with E-state index in [-0.39, 0.29) is 11.1 Å². The molecule has 186 valence electrons. The van der Waals surface area contributed by atoms with E-state index in [9.17, 15) is 9.59 Å². The summed E-state index contributed by atoms with van der Waals surface area (Å²) in [6.07, 6.45) is 7.47. The molecule has 4 heterocycles. The first kappa shape index (κ1) is 23.6. The molecule has 0 aliphatic carbocycles. The first-order valence-electron chi connectivity index (χ1n) is 12.2. The number of pyridine rings is 1. The lowest BCUT2D eigenvalue weighted by Crippen LogP contribution is -2.36. The topological polar surface area (TPSA) is 110 Å². The first-order chi connectivity index (χ1) is 17.6. The van der Waals surface area contributed by atoms with E-state index in [0.29, 0.717) is 29.3 Å². The van der Waals surface area contributed by atoms with Crippen molar-refractivity contribution in [2.75, 3.05) is 36.5 Å². The van der Waals surface area contributed by atoms with Crippen LogP contribution in [0.4, 0.5) is 17.3 Å². The van der Waals surface area contributed by atoms with Gasteiger partial charge in [-0.15, -0.1) is 0 Å². The number of aromatic amines is 1. The molecule has 1 aliphatic heterocycles. The molecule has 1 fully saturated rings. The van der Waals surface area contributed by atoms with Gasteiger partial charge in [-0.1, -0.05) is 31.6 Å². The van der Waals surface area contributed by atoms with E-state index in [4.69, 9.17) is 4.74 Å². The fraction of sp³-hybridized carbons (Fsp3) is 0.308. The number of H-pyrrole nitrogens is 1. The Bertz CT molecular complexity index is 1480. The van der Waals surface area contributed by atoms with Crippen LogP contribution in [-0.4, -0.2) is 50.6 Å². The van der Waals surface area contributed by atoms with Crippen molar-refractivity contribution < 1.29 is 4.74 Å². The van der Waals surface area contributed by atoms with Crippen molar-refractivity contribution in [3.05, 3.63) is 81.5 Å². The molecule has 3 aromatic heterocycles. The second kappa shape index (κ2) is 10.6. The van der Waals surface area contributed by atoms with Gasteiger partial charge in [0.1, 0.15) is 11.2 Å². The Morgan fingerprint density at radius 3 is 2.64 bits per heavy atom. The van der Waals surface area contributed by atoms with Crippen molar-refractivity contribution >= 4 is 28.4 Å². The number of anilines is 3. The Kier molecular flexibility index (Phi) is 6.94. The predicted octanol–water partition coefficient (Wildman–Crippen LogP) is 3.21. The van der Waals surface area contributed by atoms with Crippen LogP contribution in [0.2, 0.25) is 0 Å². The number of nitrogens with zero attached hydrogens (tertiary/aromatic N) is 5. The average molecular weight is 488 g/mol. The third kappa shape index (κ3) is 4.94. The minimum Gasteiger partial charge on any atom is -0.378 e. The molecule has 1 saturated heterocycles. The molecule has 5 rings (SSSR count). The molecule has 36 heavy (non-hydrogen) atoms. The van der Waals surface area contributed by atoms with Gasteiger partial charge >= 0.3 is 0 Å². The molecule has 0 spiro atoms. The van der Waals surface area contributed by atoms with E-state index in [2.05, 4.69) is 44.2 Å². The zero-order valence-corrected chi connectivity index (χ0v) is 20.2. The maximum absolute atomic E-state index is 13.2. The second-order valence-electron chi connectivity index (χ2n) is 8.56. The maximum atomic E-state index is 13.2. The lowest BCUT2D eigenvalue weighted by atomic mass is 10.2. The Hall–Kier alpha value is -4.18. The van der Waals surface area contributed by atoms with Crippen molar-refractivity contribution in [2.24, 2.45) is 0 Å². The minimum absolute atomic E-state index is 0.225. The van der Waals surface area contributed by atoms with E-state index in [0.717, 1.165) is 50.5 Å². The monoisotopic (exact) mass is 487 g/mol. The first-order valence-corrected chi connectivity index (χ1v) is 12.2. The van der Waals surface area contributed by atoms with Gasteiger partial charge in [-0.25, -0.2) is 14.3 Å². The molecule has 0 radical (unpaired) electrons. The number of ether oxygens (including phenoxy) is 1. The molecule has 0 unspecified atom stereocenters. The van der Waals surface area contributed by atoms with Crippen molar-refractivity contribution in [3.8, 4) is 5.82 Å². The van der Waals surface area contributed by atoms with Crippen LogP contribution in [0.25, 0.3) is 16.9 Å². The van der Waals surface area contributed by atoms with E-state index < -0.39 is 0 Å². The zero-order chi connectivity index (χ0) is 24.9. The lowest BCUT2D eigenvalue weighted by molar-refractivity contribution is 0.122. The predicted molar refractivity (Wildman–Crippen MR) is 141 cm³/mol. The fourth-order valence-electron chi connectivity index (χ4n) is 4.22. The molecule has 0 saturated carbocycles. The van der Waals surface area contributed by atoms with Gasteiger partial charge < -0.3 is 19.9 Å². The van der Waals surface area contributed by atoms with Crippen molar-refractivity contribution in [1.82, 2.24) is 24.3 Å². The van der Waals surface area contributed by atoms with Crippen LogP contribution in [0.1, 0.15) is 19.8 Å². The van der Waals surface area contributed by atoms with E-state index in [1.165, 1.54) is 12.3 Å². The summed E-state index contributed by atoms with van der Waals surface area (Å²) >= 11 is 0. The summed E-state index contributed by atoms with van der Waals surface area (Å²) in [5, 5.41) is 3.60. The van der Waals surface area contributed by atoms with Gasteiger partial charge in [0, 0.05) is 36.7 Å². The lowest BCUT2D eigenvalue weighted by Gasteiger charge is -2.28. The van der Waals surface area contributed by atoms with Crippen LogP contribution >= 0.6 is 0 Å². The quantitative estimate of drug-likeness (QED) is 0.367. The summed E-state index contributed by atoms with van der Waals surface area (Å²) in [5.41, 5.74) is 1.89. The third-order valence-corrected chi connectivity index (χ3v) is 6.06. The van der Waals surface area contributed by atoms with E-state index in [1.54, 1.807) is 21.5 Å². The standard InChI is InChI=1S/C26H29N7O3/c1-2-3-4-5-13-32-25(35)21-18-27-26(30-24(21)33(32)22-7-6-8-23(34)29-22)28-19-9-11-20(12-10-19)31-14-16-36-17-15-31/h4-12,18H,2-3,13-17H2,1H3,(H,29,34)(H,27,28,30)/b5-4-. The number of benzene rings is 1. The highest BCUT2D eigenvalue weighted by Gasteiger charge is 2.18. The number of hydrogen-bond acceptors (Lipinski definition) is 7. The Labute approximate surface area is 207 Å². The number of nitrogens with one attached hydrogen (secondary N) is 2. The average Bonchev–Trinajstić information content (AvgIpc) is 3.18. The molecule has 0 atom stereocenters. The number of aromatic nitrogens is 5. The summed E-state index contributed by atoms with van der Waals surface area (Å²) in [6, 6.07) is 12.9. The van der Waals surface area contributed by atoms with Crippen molar-refractivity contribution in [3.63, 3.8) is 0 Å². The highest BCUT2D eigenvalue weighted by molar-refractivity contribution is 5.77. The van der Waals surface area contributed by atoms with Crippen LogP contribution in [0.5, 0.6) is 0 Å². The third-order valence-electron chi connectivity index (χ3n) is 6.06. The fourth-order valence-corrected chi connectivity index (χ4v) is 4.22. The molecule has 0 amide bonds. The Morgan fingerprint density at radius 2 is 1.89 bits per heavy atom. The SMILES string of the molecule is CCC/C=C\Cn1c(=O)c2cnc(Nc3ccc(N4CCOCC4)cc3)nc2n1-c1cccc(=O)[nH]1. The molecule has 10 nitrogen and oxygen atoms in total. The summed E-state index contributed by atoms with van der Waals surface area (Å²) in [5.74, 6) is 0.810. The zero-order valence-electron chi connectivity index (χ0n) is 20.2. The number of morpholine rings is 1. The van der Waals surface area contributed by atoms with Gasteiger partial charge in [0.15, 0.2) is 5.65 Å².